The number of nitrogens with zero attached hydrogens (tertiary/aromatic N) is 3. The number of hydrogen-bond donors (Lipinski definition) is 1. The van der Waals surface area contributed by atoms with Crippen molar-refractivity contribution in [1.82, 2.24) is 19.7 Å². The number of pyridine rings is 1. The average Bonchev–Trinajstić information content (AvgIpc) is 2.88. The highest BCUT2D eigenvalue weighted by Gasteiger charge is 2.16. The molecule has 0 saturated heterocycles. The van der Waals surface area contributed by atoms with Crippen molar-refractivity contribution in [2.24, 2.45) is 0 Å². The second kappa shape index (κ2) is 5.88. The van der Waals surface area contributed by atoms with Gasteiger partial charge in [0.25, 0.3) is 0 Å². The SMILES string of the molecule is S=c1[nH]nc(-c2cccnc2)n1-c1ccc(Br)c(Cl)c1Cl. The predicted octanol–water partition coefficient (Wildman–Crippen LogP) is 5.06. The molecule has 106 valence electrons. The number of nitrogens with one attached hydrogen (secondary N) is 1. The monoisotopic (exact) mass is 400 g/mol. The highest BCUT2D eigenvalue weighted by Crippen LogP contribution is 2.36. The number of benzene rings is 1. The molecule has 0 aliphatic rings. The topological polar surface area (TPSA) is 46.5 Å². The van der Waals surface area contributed by atoms with Crippen LogP contribution in [0.3, 0.4) is 0 Å². The quantitative estimate of drug-likeness (QED) is 0.482. The van der Waals surface area contributed by atoms with Crippen molar-refractivity contribution in [2.45, 2.75) is 0 Å². The molecule has 3 aromatic rings. The fraction of sp³-hybridized carbons (Fsp3) is 0. The molecule has 0 spiro atoms. The van der Waals surface area contributed by atoms with E-state index >= 15 is 0 Å². The molecular weight excluding hydrogens is 395 g/mol. The Labute approximate surface area is 143 Å². The van der Waals surface area contributed by atoms with Gasteiger partial charge in [0, 0.05) is 22.4 Å². The van der Waals surface area contributed by atoms with Crippen LogP contribution < -0.4 is 0 Å². The van der Waals surface area contributed by atoms with Gasteiger partial charge >= 0.3 is 0 Å². The van der Waals surface area contributed by atoms with Gasteiger partial charge in [-0.25, -0.2) is 0 Å². The van der Waals surface area contributed by atoms with Crippen molar-refractivity contribution >= 4 is 51.3 Å². The molecule has 0 aliphatic heterocycles. The molecule has 0 atom stereocenters. The summed E-state index contributed by atoms with van der Waals surface area (Å²) >= 11 is 21.2. The number of halogens is 3. The van der Waals surface area contributed by atoms with Crippen LogP contribution in [0, 0.1) is 4.77 Å². The Kier molecular flexibility index (Phi) is 4.12. The van der Waals surface area contributed by atoms with Crippen molar-refractivity contribution in [3.63, 3.8) is 0 Å². The molecule has 8 heteroatoms. The largest absolute Gasteiger partial charge is 0.267 e. The summed E-state index contributed by atoms with van der Waals surface area (Å²) in [6.07, 6.45) is 3.40. The summed E-state index contributed by atoms with van der Waals surface area (Å²) in [6.45, 7) is 0. The van der Waals surface area contributed by atoms with Crippen molar-refractivity contribution in [3.8, 4) is 17.1 Å². The molecule has 0 fully saturated rings. The Bertz CT molecular complexity index is 860. The molecule has 2 aromatic heterocycles. The first-order valence-corrected chi connectivity index (χ1v) is 7.77. The third-order valence-corrected chi connectivity index (χ3v) is 4.88. The highest BCUT2D eigenvalue weighted by atomic mass is 79.9. The van der Waals surface area contributed by atoms with Crippen LogP contribution in [0.5, 0.6) is 0 Å². The van der Waals surface area contributed by atoms with Gasteiger partial charge in [0.2, 0.25) is 0 Å². The van der Waals surface area contributed by atoms with Crippen LogP contribution in [0.2, 0.25) is 10.0 Å². The normalized spacial score (nSPS) is 10.8. The van der Waals surface area contributed by atoms with Gasteiger partial charge in [-0.1, -0.05) is 23.2 Å². The van der Waals surface area contributed by atoms with E-state index in [0.29, 0.717) is 26.3 Å². The van der Waals surface area contributed by atoms with E-state index in [4.69, 9.17) is 35.4 Å². The van der Waals surface area contributed by atoms with Crippen LogP contribution in [0.1, 0.15) is 0 Å². The Morgan fingerprint density at radius 3 is 2.71 bits per heavy atom. The standard InChI is InChI=1S/C13H7BrCl2N4S/c14-8-3-4-9(11(16)10(8)15)20-12(18-19-13(20)21)7-2-1-5-17-6-7/h1-6H,(H,19,21). The zero-order chi connectivity index (χ0) is 15.0. The summed E-state index contributed by atoms with van der Waals surface area (Å²) in [7, 11) is 0. The maximum absolute atomic E-state index is 6.33. The maximum atomic E-state index is 6.33. The first-order chi connectivity index (χ1) is 10.1. The molecule has 0 aliphatic carbocycles. The lowest BCUT2D eigenvalue weighted by atomic mass is 10.2. The van der Waals surface area contributed by atoms with Crippen LogP contribution in [0.4, 0.5) is 0 Å². The van der Waals surface area contributed by atoms with Crippen molar-refractivity contribution in [3.05, 3.63) is 55.9 Å². The molecule has 4 nitrogen and oxygen atoms in total. The van der Waals surface area contributed by atoms with Gasteiger partial charge in [0.05, 0.1) is 15.7 Å². The minimum absolute atomic E-state index is 0.397. The second-order valence-corrected chi connectivity index (χ2v) is 6.12. The zero-order valence-electron chi connectivity index (χ0n) is 10.3. The molecule has 0 bridgehead atoms. The molecule has 0 amide bonds. The van der Waals surface area contributed by atoms with Gasteiger partial charge < -0.3 is 0 Å². The number of rotatable bonds is 2. The van der Waals surface area contributed by atoms with E-state index in [2.05, 4.69) is 31.1 Å². The molecule has 0 unspecified atom stereocenters. The van der Waals surface area contributed by atoms with Crippen molar-refractivity contribution in [1.29, 1.82) is 0 Å². The zero-order valence-corrected chi connectivity index (χ0v) is 14.3. The summed E-state index contributed by atoms with van der Waals surface area (Å²) in [5.41, 5.74) is 1.47. The molecule has 0 radical (unpaired) electrons. The highest BCUT2D eigenvalue weighted by molar-refractivity contribution is 9.10. The van der Waals surface area contributed by atoms with E-state index in [9.17, 15) is 0 Å². The second-order valence-electron chi connectivity index (χ2n) is 4.12. The number of aromatic nitrogens is 4. The first-order valence-electron chi connectivity index (χ1n) is 5.81. The lowest BCUT2D eigenvalue weighted by Crippen LogP contribution is -1.99. The molecule has 1 N–H and O–H groups in total. The van der Waals surface area contributed by atoms with Crippen LogP contribution in [-0.4, -0.2) is 19.7 Å². The average molecular weight is 402 g/mol. The van der Waals surface area contributed by atoms with Crippen LogP contribution in [0.25, 0.3) is 17.1 Å². The molecule has 2 heterocycles. The van der Waals surface area contributed by atoms with Gasteiger partial charge in [-0.2, -0.15) is 5.10 Å². The smallest absolute Gasteiger partial charge is 0.200 e. The third kappa shape index (κ3) is 2.64. The molecule has 21 heavy (non-hydrogen) atoms. The van der Waals surface area contributed by atoms with E-state index < -0.39 is 0 Å². The Balaban J connectivity index is 2.28. The lowest BCUT2D eigenvalue weighted by Gasteiger charge is -2.10. The van der Waals surface area contributed by atoms with E-state index in [-0.39, 0.29) is 0 Å². The summed E-state index contributed by atoms with van der Waals surface area (Å²) in [5, 5.41) is 7.84. The van der Waals surface area contributed by atoms with Gasteiger partial charge in [-0.15, -0.1) is 0 Å². The van der Waals surface area contributed by atoms with Gasteiger partial charge in [-0.05, 0) is 52.4 Å². The summed E-state index contributed by atoms with van der Waals surface area (Å²) in [5.74, 6) is 0.619. The molecule has 0 saturated carbocycles. The van der Waals surface area contributed by atoms with Crippen molar-refractivity contribution < 1.29 is 0 Å². The number of aromatic amines is 1. The Morgan fingerprint density at radius 2 is 2.00 bits per heavy atom. The Morgan fingerprint density at radius 1 is 1.19 bits per heavy atom. The van der Waals surface area contributed by atoms with Crippen LogP contribution in [0.15, 0.2) is 41.1 Å². The van der Waals surface area contributed by atoms with E-state index in [1.165, 1.54) is 0 Å². The molecular formula is C13H7BrCl2N4S. The van der Waals surface area contributed by atoms with E-state index in [1.807, 2.05) is 24.3 Å². The van der Waals surface area contributed by atoms with Crippen LogP contribution >= 0.6 is 51.3 Å². The van der Waals surface area contributed by atoms with Gasteiger partial charge in [0.15, 0.2) is 10.6 Å². The fourth-order valence-electron chi connectivity index (χ4n) is 1.90. The summed E-state index contributed by atoms with van der Waals surface area (Å²) in [6, 6.07) is 7.35. The number of H-pyrrole nitrogens is 1. The summed E-state index contributed by atoms with van der Waals surface area (Å²) in [4.78, 5) is 4.09. The molecule has 1 aromatic carbocycles. The number of hydrogen-bond acceptors (Lipinski definition) is 3. The van der Waals surface area contributed by atoms with Crippen molar-refractivity contribution in [2.75, 3.05) is 0 Å². The van der Waals surface area contributed by atoms with E-state index in [0.717, 1.165) is 10.0 Å². The third-order valence-electron chi connectivity index (χ3n) is 2.85. The maximum Gasteiger partial charge on any atom is 0.200 e. The van der Waals surface area contributed by atoms with Crippen LogP contribution in [-0.2, 0) is 0 Å². The lowest BCUT2D eigenvalue weighted by molar-refractivity contribution is 1.03. The van der Waals surface area contributed by atoms with Gasteiger partial charge in [-0.3, -0.25) is 14.6 Å². The molecule has 3 rings (SSSR count). The summed E-state index contributed by atoms with van der Waals surface area (Å²) < 4.78 is 2.87. The van der Waals surface area contributed by atoms with Gasteiger partial charge in [0.1, 0.15) is 0 Å². The van der Waals surface area contributed by atoms with E-state index in [1.54, 1.807) is 17.0 Å². The predicted molar refractivity (Wildman–Crippen MR) is 89.7 cm³/mol. The first kappa shape index (κ1) is 14.7. The minimum atomic E-state index is 0.397. The Hall–Kier alpha value is -1.21. The minimum Gasteiger partial charge on any atom is -0.267 e. The fourth-order valence-corrected chi connectivity index (χ4v) is 2.98.